The van der Waals surface area contributed by atoms with Crippen LogP contribution < -0.4 is 5.32 Å². The van der Waals surface area contributed by atoms with Gasteiger partial charge in [-0.05, 0) is 48.2 Å². The summed E-state index contributed by atoms with van der Waals surface area (Å²) >= 11 is 1.60. The molecule has 4 rings (SSSR count). The Morgan fingerprint density at radius 2 is 1.97 bits per heavy atom. The molecule has 7 heteroatoms. The van der Waals surface area contributed by atoms with E-state index in [0.717, 1.165) is 33.7 Å². The number of carbonyl (C=O) groups is 1. The maximum atomic E-state index is 12.7. The highest BCUT2D eigenvalue weighted by Crippen LogP contribution is 2.26. The summed E-state index contributed by atoms with van der Waals surface area (Å²) in [7, 11) is 0. The molecule has 4 aromatic rings. The second-order valence-corrected chi connectivity index (χ2v) is 8.02. The van der Waals surface area contributed by atoms with Gasteiger partial charge in [-0.3, -0.25) is 9.89 Å². The molecule has 0 saturated heterocycles. The molecule has 152 valence electrons. The number of hydrogen-bond donors (Lipinski definition) is 2. The van der Waals surface area contributed by atoms with Crippen molar-refractivity contribution in [1.82, 2.24) is 20.2 Å². The van der Waals surface area contributed by atoms with E-state index in [1.165, 1.54) is 24.7 Å². The van der Waals surface area contributed by atoms with Gasteiger partial charge in [0.05, 0.1) is 11.6 Å². The number of thioether (sulfide) groups is 1. The normalized spacial score (nSPS) is 11.0. The van der Waals surface area contributed by atoms with Crippen LogP contribution in [0, 0.1) is 0 Å². The summed E-state index contributed by atoms with van der Waals surface area (Å²) in [4.78, 5) is 21.2. The molecule has 0 unspecified atom stereocenters. The van der Waals surface area contributed by atoms with Gasteiger partial charge in [0.15, 0.2) is 5.65 Å². The Balaban J connectivity index is 1.40. The van der Waals surface area contributed by atoms with E-state index < -0.39 is 0 Å². The van der Waals surface area contributed by atoms with Crippen LogP contribution in [-0.4, -0.2) is 26.1 Å². The average molecular weight is 418 g/mol. The minimum Gasteiger partial charge on any atom is -0.322 e. The molecule has 2 aromatic heterocycles. The molecule has 0 saturated carbocycles. The number of nitrogens with zero attached hydrogens (tertiary/aromatic N) is 3. The first-order valence-corrected chi connectivity index (χ1v) is 11.0. The second-order valence-electron chi connectivity index (χ2n) is 7.05. The first-order valence-electron chi connectivity index (χ1n) is 9.99. The zero-order valence-corrected chi connectivity index (χ0v) is 17.6. The zero-order chi connectivity index (χ0) is 20.8. The molecule has 30 heavy (non-hydrogen) atoms. The van der Waals surface area contributed by atoms with E-state index in [-0.39, 0.29) is 5.91 Å². The molecule has 0 aliphatic rings. The average Bonchev–Trinajstić information content (AvgIpc) is 3.27. The van der Waals surface area contributed by atoms with Crippen LogP contribution in [0.2, 0.25) is 0 Å². The van der Waals surface area contributed by atoms with E-state index in [1.54, 1.807) is 18.0 Å². The van der Waals surface area contributed by atoms with E-state index in [4.69, 9.17) is 0 Å². The smallest absolute Gasteiger partial charge is 0.255 e. The first kappa shape index (κ1) is 20.1. The number of anilines is 1. The lowest BCUT2D eigenvalue weighted by Crippen LogP contribution is -2.12. The Labute approximate surface area is 179 Å². The molecule has 0 fully saturated rings. The number of hydrogen-bond acceptors (Lipinski definition) is 5. The number of aromatic amines is 1. The van der Waals surface area contributed by atoms with Gasteiger partial charge in [0, 0.05) is 17.0 Å². The van der Waals surface area contributed by atoms with Gasteiger partial charge in [0.2, 0.25) is 0 Å². The van der Waals surface area contributed by atoms with Crippen molar-refractivity contribution in [3.05, 3.63) is 77.7 Å². The number of carbonyl (C=O) groups excluding carboxylic acids is 1. The van der Waals surface area contributed by atoms with Crippen LogP contribution in [0.15, 0.2) is 66.1 Å². The Morgan fingerprint density at radius 1 is 1.10 bits per heavy atom. The molecule has 0 spiro atoms. The fourth-order valence-electron chi connectivity index (χ4n) is 3.15. The van der Waals surface area contributed by atoms with Gasteiger partial charge in [0.25, 0.3) is 5.91 Å². The van der Waals surface area contributed by atoms with Gasteiger partial charge in [-0.15, -0.1) is 11.8 Å². The van der Waals surface area contributed by atoms with Gasteiger partial charge in [-0.2, -0.15) is 5.10 Å². The lowest BCUT2D eigenvalue weighted by Gasteiger charge is -2.08. The quantitative estimate of drug-likeness (QED) is 0.303. The van der Waals surface area contributed by atoms with Gasteiger partial charge in [-0.25, -0.2) is 9.97 Å². The van der Waals surface area contributed by atoms with Crippen LogP contribution >= 0.6 is 11.8 Å². The Kier molecular flexibility index (Phi) is 6.39. The number of benzene rings is 2. The van der Waals surface area contributed by atoms with Crippen molar-refractivity contribution < 1.29 is 4.79 Å². The third kappa shape index (κ3) is 4.86. The molecule has 0 radical (unpaired) electrons. The van der Waals surface area contributed by atoms with Crippen molar-refractivity contribution in [2.45, 2.75) is 37.0 Å². The lowest BCUT2D eigenvalue weighted by atomic mass is 10.1. The van der Waals surface area contributed by atoms with Crippen molar-refractivity contribution in [3.8, 4) is 0 Å². The first-order chi connectivity index (χ1) is 14.7. The number of aryl methyl sites for hydroxylation is 1. The number of unbranched alkanes of at least 4 members (excludes halogenated alkanes) is 1. The molecule has 0 atom stereocenters. The van der Waals surface area contributed by atoms with Crippen LogP contribution in [0.1, 0.15) is 41.3 Å². The van der Waals surface area contributed by atoms with Crippen LogP contribution in [0.4, 0.5) is 5.69 Å². The summed E-state index contributed by atoms with van der Waals surface area (Å²) in [6.45, 7) is 2.19. The fraction of sp³-hybridized carbons (Fsp3) is 0.217. The number of rotatable bonds is 8. The molecule has 0 aliphatic carbocycles. The number of amides is 1. The van der Waals surface area contributed by atoms with Crippen LogP contribution in [0.25, 0.3) is 11.0 Å². The van der Waals surface area contributed by atoms with Gasteiger partial charge < -0.3 is 5.32 Å². The van der Waals surface area contributed by atoms with Crippen LogP contribution in [0.3, 0.4) is 0 Å². The highest BCUT2D eigenvalue weighted by molar-refractivity contribution is 7.98. The molecule has 2 N–H and O–H groups in total. The van der Waals surface area contributed by atoms with Crippen molar-refractivity contribution in [3.63, 3.8) is 0 Å². The van der Waals surface area contributed by atoms with Gasteiger partial charge >= 0.3 is 0 Å². The predicted octanol–water partition coefficient (Wildman–Crippen LogP) is 5.24. The molecule has 6 nitrogen and oxygen atoms in total. The summed E-state index contributed by atoms with van der Waals surface area (Å²) in [5.41, 5.74) is 4.52. The van der Waals surface area contributed by atoms with Crippen molar-refractivity contribution >= 4 is 34.4 Å². The molecule has 2 heterocycles. The molecule has 0 bridgehead atoms. The molecule has 0 aliphatic heterocycles. The van der Waals surface area contributed by atoms with E-state index in [9.17, 15) is 4.79 Å². The van der Waals surface area contributed by atoms with Crippen LogP contribution in [0.5, 0.6) is 0 Å². The fourth-order valence-corrected chi connectivity index (χ4v) is 4.06. The zero-order valence-electron chi connectivity index (χ0n) is 16.8. The summed E-state index contributed by atoms with van der Waals surface area (Å²) in [6, 6.07) is 15.8. The number of fused-ring (bicyclic) bond motifs is 1. The predicted molar refractivity (Wildman–Crippen MR) is 121 cm³/mol. The summed E-state index contributed by atoms with van der Waals surface area (Å²) < 4.78 is 0. The van der Waals surface area contributed by atoms with Gasteiger partial charge in [-0.1, -0.05) is 37.6 Å². The van der Waals surface area contributed by atoms with Crippen molar-refractivity contribution in [2.24, 2.45) is 0 Å². The lowest BCUT2D eigenvalue weighted by molar-refractivity contribution is 0.102. The number of nitrogens with one attached hydrogen (secondary N) is 2. The highest BCUT2D eigenvalue weighted by atomic mass is 32.2. The third-order valence-corrected chi connectivity index (χ3v) is 5.88. The largest absolute Gasteiger partial charge is 0.322 e. The topological polar surface area (TPSA) is 83.6 Å². The van der Waals surface area contributed by atoms with Crippen molar-refractivity contribution in [2.75, 3.05) is 5.32 Å². The summed E-state index contributed by atoms with van der Waals surface area (Å²) in [6.07, 6.45) is 6.69. The third-order valence-electron chi connectivity index (χ3n) is 4.81. The minimum absolute atomic E-state index is 0.109. The number of aromatic nitrogens is 4. The maximum Gasteiger partial charge on any atom is 0.255 e. The van der Waals surface area contributed by atoms with E-state index >= 15 is 0 Å². The molecule has 1 amide bonds. The van der Waals surface area contributed by atoms with Crippen LogP contribution in [-0.2, 0) is 12.2 Å². The standard InChI is InChI=1S/C23H23N5OS/c1-2-3-5-16-8-10-19(11-9-16)27-22(29)18-7-4-6-17(12-18)14-30-23-20-13-26-28-21(20)24-15-25-23/h4,6-13,15H,2-3,5,14H2,1H3,(H,27,29)(H,24,25,26,28). The maximum absolute atomic E-state index is 12.7. The Bertz CT molecular complexity index is 1140. The van der Waals surface area contributed by atoms with E-state index in [0.29, 0.717) is 11.3 Å². The summed E-state index contributed by atoms with van der Waals surface area (Å²) in [5.74, 6) is 0.590. The SMILES string of the molecule is CCCCc1ccc(NC(=O)c2cccc(CSc3ncnc4[nH]ncc34)c2)cc1. The number of H-pyrrole nitrogens is 1. The van der Waals surface area contributed by atoms with E-state index in [2.05, 4.69) is 44.5 Å². The second kappa shape index (κ2) is 9.54. The minimum atomic E-state index is -0.109. The molecular formula is C23H23N5OS. The monoisotopic (exact) mass is 417 g/mol. The van der Waals surface area contributed by atoms with E-state index in [1.807, 2.05) is 36.4 Å². The molecular weight excluding hydrogens is 394 g/mol. The Morgan fingerprint density at radius 3 is 2.80 bits per heavy atom. The highest BCUT2D eigenvalue weighted by Gasteiger charge is 2.09. The summed E-state index contributed by atoms with van der Waals surface area (Å²) in [5, 5.41) is 11.6. The van der Waals surface area contributed by atoms with Crippen molar-refractivity contribution in [1.29, 1.82) is 0 Å². The Hall–Kier alpha value is -3.19. The molecule has 2 aromatic carbocycles. The van der Waals surface area contributed by atoms with Gasteiger partial charge in [0.1, 0.15) is 11.4 Å².